The SMILES string of the molecule is O=C1CC(CS(=O)(=O)F)CN1c1ccc(N2CCCC2)c(F)c1. The van der Waals surface area contributed by atoms with E-state index in [0.717, 1.165) is 25.9 Å². The van der Waals surface area contributed by atoms with Gasteiger partial charge >= 0.3 is 10.2 Å². The summed E-state index contributed by atoms with van der Waals surface area (Å²) in [5, 5.41) is 0. The van der Waals surface area contributed by atoms with Gasteiger partial charge in [-0.15, -0.1) is 3.89 Å². The van der Waals surface area contributed by atoms with Crippen LogP contribution < -0.4 is 9.80 Å². The molecule has 2 heterocycles. The predicted molar refractivity (Wildman–Crippen MR) is 83.2 cm³/mol. The molecule has 0 N–H and O–H groups in total. The Bertz CT molecular complexity index is 717. The normalized spacial score (nSPS) is 22.2. The molecule has 1 aromatic carbocycles. The van der Waals surface area contributed by atoms with Crippen molar-refractivity contribution in [1.82, 2.24) is 0 Å². The monoisotopic (exact) mass is 344 g/mol. The molecule has 0 spiro atoms. The summed E-state index contributed by atoms with van der Waals surface area (Å²) >= 11 is 0. The third-order valence-corrected chi connectivity index (χ3v) is 5.20. The van der Waals surface area contributed by atoms with E-state index in [1.54, 1.807) is 12.1 Å². The van der Waals surface area contributed by atoms with Gasteiger partial charge in [-0.3, -0.25) is 4.79 Å². The van der Waals surface area contributed by atoms with Crippen molar-refractivity contribution in [2.24, 2.45) is 5.92 Å². The molecule has 0 aliphatic carbocycles. The molecule has 1 unspecified atom stereocenters. The molecule has 126 valence electrons. The topological polar surface area (TPSA) is 57.7 Å². The van der Waals surface area contributed by atoms with Gasteiger partial charge in [0, 0.05) is 37.7 Å². The first kappa shape index (κ1) is 16.2. The highest BCUT2D eigenvalue weighted by atomic mass is 32.3. The smallest absolute Gasteiger partial charge is 0.302 e. The van der Waals surface area contributed by atoms with Crippen LogP contribution in [0.25, 0.3) is 0 Å². The second kappa shape index (κ2) is 6.07. The standard InChI is InChI=1S/C15H18F2N2O3S/c16-13-8-12(3-4-14(13)18-5-1-2-6-18)19-9-11(7-15(19)20)10-23(17,21)22/h3-4,8,11H,1-2,5-7,9-10H2. The van der Waals surface area contributed by atoms with Crippen molar-refractivity contribution >= 4 is 27.5 Å². The molecule has 2 aliphatic heterocycles. The van der Waals surface area contributed by atoms with E-state index in [-0.39, 0.29) is 18.9 Å². The number of anilines is 2. The molecule has 5 nitrogen and oxygen atoms in total. The summed E-state index contributed by atoms with van der Waals surface area (Å²) in [6, 6.07) is 4.58. The molecule has 2 saturated heterocycles. The molecular weight excluding hydrogens is 326 g/mol. The van der Waals surface area contributed by atoms with E-state index in [9.17, 15) is 21.5 Å². The van der Waals surface area contributed by atoms with Gasteiger partial charge in [-0.25, -0.2) is 4.39 Å². The van der Waals surface area contributed by atoms with Crippen LogP contribution in [0.3, 0.4) is 0 Å². The van der Waals surface area contributed by atoms with E-state index < -0.39 is 27.7 Å². The predicted octanol–water partition coefficient (Wildman–Crippen LogP) is 2.08. The van der Waals surface area contributed by atoms with Crippen molar-refractivity contribution in [3.05, 3.63) is 24.0 Å². The zero-order valence-electron chi connectivity index (χ0n) is 12.5. The van der Waals surface area contributed by atoms with E-state index in [1.165, 1.54) is 11.0 Å². The fraction of sp³-hybridized carbons (Fsp3) is 0.533. The Morgan fingerprint density at radius 1 is 1.22 bits per heavy atom. The molecule has 2 aliphatic rings. The van der Waals surface area contributed by atoms with Gasteiger partial charge in [-0.05, 0) is 31.0 Å². The Balaban J connectivity index is 1.76. The summed E-state index contributed by atoms with van der Waals surface area (Å²) in [7, 11) is -4.62. The fourth-order valence-electron chi connectivity index (χ4n) is 3.30. The highest BCUT2D eigenvalue weighted by Gasteiger charge is 2.34. The minimum Gasteiger partial charge on any atom is -0.369 e. The van der Waals surface area contributed by atoms with Crippen molar-refractivity contribution in [1.29, 1.82) is 0 Å². The molecule has 1 amide bonds. The first-order valence-electron chi connectivity index (χ1n) is 7.61. The van der Waals surface area contributed by atoms with Gasteiger partial charge in [0.05, 0.1) is 11.4 Å². The molecule has 0 bridgehead atoms. The van der Waals surface area contributed by atoms with E-state index in [1.807, 2.05) is 4.90 Å². The first-order valence-corrected chi connectivity index (χ1v) is 9.16. The number of hydrogen-bond acceptors (Lipinski definition) is 4. The van der Waals surface area contributed by atoms with Gasteiger partial charge in [0.2, 0.25) is 5.91 Å². The lowest BCUT2D eigenvalue weighted by Gasteiger charge is -2.21. The van der Waals surface area contributed by atoms with E-state index in [0.29, 0.717) is 11.4 Å². The third-order valence-electron chi connectivity index (χ3n) is 4.33. The van der Waals surface area contributed by atoms with Crippen LogP contribution >= 0.6 is 0 Å². The summed E-state index contributed by atoms with van der Waals surface area (Å²) < 4.78 is 48.5. The van der Waals surface area contributed by atoms with Gasteiger partial charge in [-0.2, -0.15) is 8.42 Å². The molecule has 2 fully saturated rings. The van der Waals surface area contributed by atoms with Crippen LogP contribution in [0.2, 0.25) is 0 Å². The van der Waals surface area contributed by atoms with Gasteiger partial charge in [0.15, 0.2) is 0 Å². The second-order valence-electron chi connectivity index (χ2n) is 6.11. The van der Waals surface area contributed by atoms with Gasteiger partial charge in [-0.1, -0.05) is 0 Å². The maximum atomic E-state index is 14.3. The van der Waals surface area contributed by atoms with Crippen molar-refractivity contribution < 1.29 is 21.5 Å². The van der Waals surface area contributed by atoms with Crippen LogP contribution in [-0.4, -0.2) is 39.7 Å². The highest BCUT2D eigenvalue weighted by molar-refractivity contribution is 7.86. The van der Waals surface area contributed by atoms with Crippen LogP contribution in [0.1, 0.15) is 19.3 Å². The summed E-state index contributed by atoms with van der Waals surface area (Å²) in [5.41, 5.74) is 0.898. The lowest BCUT2D eigenvalue weighted by atomic mass is 10.1. The van der Waals surface area contributed by atoms with Crippen LogP contribution in [0, 0.1) is 11.7 Å². The quantitative estimate of drug-likeness (QED) is 0.785. The zero-order chi connectivity index (χ0) is 16.6. The number of rotatable bonds is 4. The Kier molecular flexibility index (Phi) is 4.27. The molecular formula is C15H18F2N2O3S. The molecule has 0 saturated carbocycles. The average molecular weight is 344 g/mol. The van der Waals surface area contributed by atoms with Crippen molar-refractivity contribution in [2.45, 2.75) is 19.3 Å². The van der Waals surface area contributed by atoms with Crippen LogP contribution in [0.4, 0.5) is 19.7 Å². The third kappa shape index (κ3) is 3.63. The number of halogens is 2. The lowest BCUT2D eigenvalue weighted by molar-refractivity contribution is -0.117. The van der Waals surface area contributed by atoms with Gasteiger partial charge in [0.1, 0.15) is 5.82 Å². The molecule has 0 radical (unpaired) electrons. The van der Waals surface area contributed by atoms with Crippen LogP contribution in [-0.2, 0) is 15.0 Å². The minimum absolute atomic E-state index is 0.0430. The molecule has 23 heavy (non-hydrogen) atoms. The van der Waals surface area contributed by atoms with E-state index in [2.05, 4.69) is 0 Å². The average Bonchev–Trinajstić information content (AvgIpc) is 3.06. The van der Waals surface area contributed by atoms with Crippen molar-refractivity contribution in [3.8, 4) is 0 Å². The number of amides is 1. The Hall–Kier alpha value is -1.70. The number of nitrogens with zero attached hydrogens (tertiary/aromatic N) is 2. The number of carbonyl (C=O) groups excluding carboxylic acids is 1. The Morgan fingerprint density at radius 3 is 2.52 bits per heavy atom. The largest absolute Gasteiger partial charge is 0.369 e. The fourth-order valence-corrected chi connectivity index (χ4v) is 4.09. The molecule has 1 aromatic rings. The maximum Gasteiger partial charge on any atom is 0.302 e. The Morgan fingerprint density at radius 2 is 1.91 bits per heavy atom. The molecule has 8 heteroatoms. The zero-order valence-corrected chi connectivity index (χ0v) is 13.4. The molecule has 1 atom stereocenters. The first-order chi connectivity index (χ1) is 10.8. The minimum atomic E-state index is -4.62. The summed E-state index contributed by atoms with van der Waals surface area (Å²) in [5.74, 6) is -1.99. The maximum absolute atomic E-state index is 14.3. The second-order valence-corrected chi connectivity index (χ2v) is 7.52. The number of hydrogen-bond donors (Lipinski definition) is 0. The van der Waals surface area contributed by atoms with E-state index >= 15 is 0 Å². The van der Waals surface area contributed by atoms with Gasteiger partial charge in [0.25, 0.3) is 0 Å². The van der Waals surface area contributed by atoms with E-state index in [4.69, 9.17) is 0 Å². The highest BCUT2D eigenvalue weighted by Crippen LogP contribution is 2.31. The summed E-state index contributed by atoms with van der Waals surface area (Å²) in [4.78, 5) is 15.3. The Labute approximate surface area is 134 Å². The summed E-state index contributed by atoms with van der Waals surface area (Å²) in [6.45, 7) is 1.72. The summed E-state index contributed by atoms with van der Waals surface area (Å²) in [6.07, 6.45) is 2.02. The lowest BCUT2D eigenvalue weighted by Crippen LogP contribution is -2.26. The van der Waals surface area contributed by atoms with Crippen LogP contribution in [0.5, 0.6) is 0 Å². The van der Waals surface area contributed by atoms with Crippen molar-refractivity contribution in [3.63, 3.8) is 0 Å². The van der Waals surface area contributed by atoms with Crippen LogP contribution in [0.15, 0.2) is 18.2 Å². The number of carbonyl (C=O) groups is 1. The number of benzene rings is 1. The molecule has 3 rings (SSSR count). The van der Waals surface area contributed by atoms with Gasteiger partial charge < -0.3 is 9.80 Å². The molecule has 0 aromatic heterocycles. The van der Waals surface area contributed by atoms with Crippen molar-refractivity contribution in [2.75, 3.05) is 35.2 Å².